The Bertz CT molecular complexity index is 1390. The highest BCUT2D eigenvalue weighted by molar-refractivity contribution is 5.98. The quantitative estimate of drug-likeness (QED) is 0.347. The Kier molecular flexibility index (Phi) is 8.13. The van der Waals surface area contributed by atoms with E-state index in [1.807, 2.05) is 48.5 Å². The predicted octanol–water partition coefficient (Wildman–Crippen LogP) is 4.47. The van der Waals surface area contributed by atoms with Crippen LogP contribution < -0.4 is 0 Å². The summed E-state index contributed by atoms with van der Waals surface area (Å²) in [6.07, 6.45) is 2.11. The third kappa shape index (κ3) is 6.41. The molecule has 8 heteroatoms. The van der Waals surface area contributed by atoms with Gasteiger partial charge in [-0.05, 0) is 48.2 Å². The van der Waals surface area contributed by atoms with E-state index in [4.69, 9.17) is 4.52 Å². The molecule has 1 aliphatic rings. The molecule has 200 valence electrons. The van der Waals surface area contributed by atoms with E-state index in [1.54, 1.807) is 41.1 Å². The molecule has 1 aromatic heterocycles. The maximum Gasteiger partial charge on any atom is 0.254 e. The van der Waals surface area contributed by atoms with Crippen molar-refractivity contribution >= 4 is 11.8 Å². The number of aromatic nitrogens is 2. The Morgan fingerprint density at radius 3 is 2.26 bits per heavy atom. The number of β-amino-alcohol motifs (C(OH)–C–C–N with tert-alkyl or cyclic N) is 1. The lowest BCUT2D eigenvalue weighted by atomic mass is 10.1. The normalized spacial score (nSPS) is 16.8. The smallest absolute Gasteiger partial charge is 0.254 e. The standard InChI is InChI=1S/C31H32N4O4/c1-34(20-23-11-6-3-7-12-23)30(37)24-15-17-25(18-16-24)31(38)35-21-26(36)19-27(35)29-32-28(33-39-29)14-8-13-22-9-4-2-5-10-22/h2-7,9-12,15-18,26-27,36H,8,13-14,19-21H2,1H3/t26-,27+/m1/s1. The van der Waals surface area contributed by atoms with Crippen LogP contribution in [-0.4, -0.2) is 56.6 Å². The van der Waals surface area contributed by atoms with Gasteiger partial charge in [0.1, 0.15) is 6.04 Å². The number of rotatable bonds is 9. The molecule has 0 spiro atoms. The SMILES string of the molecule is CN(Cc1ccccc1)C(=O)c1ccc(C(=O)N2C[C@H](O)C[C@H]2c2nc(CCCc3ccccc3)no2)cc1. The van der Waals surface area contributed by atoms with Crippen LogP contribution in [0.4, 0.5) is 0 Å². The van der Waals surface area contributed by atoms with Crippen molar-refractivity contribution in [2.75, 3.05) is 13.6 Å². The predicted molar refractivity (Wildman–Crippen MR) is 146 cm³/mol. The van der Waals surface area contributed by atoms with Gasteiger partial charge in [-0.2, -0.15) is 4.98 Å². The molecular formula is C31H32N4O4. The van der Waals surface area contributed by atoms with Gasteiger partial charge in [0.2, 0.25) is 5.89 Å². The fourth-order valence-corrected chi connectivity index (χ4v) is 4.94. The lowest BCUT2D eigenvalue weighted by Crippen LogP contribution is -2.32. The van der Waals surface area contributed by atoms with Crippen LogP contribution in [0.15, 0.2) is 89.5 Å². The summed E-state index contributed by atoms with van der Waals surface area (Å²) in [5.74, 6) is 0.552. The molecule has 39 heavy (non-hydrogen) atoms. The molecule has 0 aliphatic carbocycles. The Hall–Kier alpha value is -4.30. The van der Waals surface area contributed by atoms with Gasteiger partial charge in [0.05, 0.1) is 6.10 Å². The van der Waals surface area contributed by atoms with Crippen LogP contribution >= 0.6 is 0 Å². The summed E-state index contributed by atoms with van der Waals surface area (Å²) in [5, 5.41) is 14.5. The molecule has 5 rings (SSSR count). The zero-order valence-electron chi connectivity index (χ0n) is 21.9. The number of carbonyl (C=O) groups excluding carboxylic acids is 2. The number of hydrogen-bond donors (Lipinski definition) is 1. The first-order chi connectivity index (χ1) is 19.0. The molecule has 0 saturated carbocycles. The van der Waals surface area contributed by atoms with Crippen LogP contribution in [0.5, 0.6) is 0 Å². The second-order valence-electron chi connectivity index (χ2n) is 9.97. The van der Waals surface area contributed by atoms with Crippen LogP contribution in [0.3, 0.4) is 0 Å². The largest absolute Gasteiger partial charge is 0.391 e. The highest BCUT2D eigenvalue weighted by atomic mass is 16.5. The monoisotopic (exact) mass is 524 g/mol. The number of nitrogens with zero attached hydrogens (tertiary/aromatic N) is 4. The highest BCUT2D eigenvalue weighted by Crippen LogP contribution is 2.32. The average molecular weight is 525 g/mol. The molecule has 1 aliphatic heterocycles. The number of aliphatic hydroxyl groups is 1. The van der Waals surface area contributed by atoms with E-state index in [2.05, 4.69) is 22.3 Å². The van der Waals surface area contributed by atoms with Gasteiger partial charge in [0.15, 0.2) is 5.82 Å². The third-order valence-corrected chi connectivity index (χ3v) is 7.01. The van der Waals surface area contributed by atoms with Gasteiger partial charge in [-0.1, -0.05) is 65.8 Å². The fraction of sp³-hybridized carbons (Fsp3) is 0.290. The molecule has 1 N–H and O–H groups in total. The molecule has 3 aromatic carbocycles. The summed E-state index contributed by atoms with van der Waals surface area (Å²) in [6, 6.07) is 26.1. The van der Waals surface area contributed by atoms with Crippen LogP contribution in [-0.2, 0) is 19.4 Å². The summed E-state index contributed by atoms with van der Waals surface area (Å²) < 4.78 is 5.53. The van der Waals surface area contributed by atoms with Crippen molar-refractivity contribution in [3.8, 4) is 0 Å². The van der Waals surface area contributed by atoms with Gasteiger partial charge < -0.3 is 19.4 Å². The van der Waals surface area contributed by atoms with E-state index in [-0.39, 0.29) is 18.4 Å². The molecule has 2 amide bonds. The first-order valence-electron chi connectivity index (χ1n) is 13.2. The zero-order chi connectivity index (χ0) is 27.2. The van der Waals surface area contributed by atoms with Gasteiger partial charge in [-0.25, -0.2) is 0 Å². The first kappa shape index (κ1) is 26.3. The summed E-state index contributed by atoms with van der Waals surface area (Å²) >= 11 is 0. The van der Waals surface area contributed by atoms with E-state index in [1.165, 1.54) is 5.56 Å². The summed E-state index contributed by atoms with van der Waals surface area (Å²) in [5.41, 5.74) is 3.23. The second kappa shape index (κ2) is 12.0. The van der Waals surface area contributed by atoms with E-state index in [9.17, 15) is 14.7 Å². The number of aliphatic hydroxyl groups excluding tert-OH is 1. The topological polar surface area (TPSA) is 99.8 Å². The third-order valence-electron chi connectivity index (χ3n) is 7.01. The Morgan fingerprint density at radius 2 is 1.56 bits per heavy atom. The fourth-order valence-electron chi connectivity index (χ4n) is 4.94. The minimum absolute atomic E-state index is 0.127. The zero-order valence-corrected chi connectivity index (χ0v) is 21.9. The van der Waals surface area contributed by atoms with Crippen molar-refractivity contribution in [2.45, 2.75) is 44.4 Å². The summed E-state index contributed by atoms with van der Waals surface area (Å²) in [6.45, 7) is 0.668. The number of benzene rings is 3. The Labute approximate surface area is 227 Å². The lowest BCUT2D eigenvalue weighted by molar-refractivity contribution is 0.0692. The van der Waals surface area contributed by atoms with Crippen molar-refractivity contribution in [3.63, 3.8) is 0 Å². The molecule has 4 aromatic rings. The Balaban J connectivity index is 1.21. The molecule has 0 radical (unpaired) electrons. The lowest BCUT2D eigenvalue weighted by Gasteiger charge is -2.22. The van der Waals surface area contributed by atoms with Crippen LogP contribution in [0.25, 0.3) is 0 Å². The maximum absolute atomic E-state index is 13.4. The number of carbonyl (C=O) groups is 2. The molecule has 2 heterocycles. The molecular weight excluding hydrogens is 492 g/mol. The second-order valence-corrected chi connectivity index (χ2v) is 9.97. The van der Waals surface area contributed by atoms with Crippen LogP contribution in [0.2, 0.25) is 0 Å². The first-order valence-corrected chi connectivity index (χ1v) is 13.2. The number of likely N-dealkylation sites (tertiary alicyclic amines) is 1. The molecule has 0 unspecified atom stereocenters. The van der Waals surface area contributed by atoms with Crippen molar-refractivity contribution in [3.05, 3.63) is 119 Å². The summed E-state index contributed by atoms with van der Waals surface area (Å²) in [4.78, 5) is 34.1. The molecule has 8 nitrogen and oxygen atoms in total. The van der Waals surface area contributed by atoms with Gasteiger partial charge in [0.25, 0.3) is 11.8 Å². The molecule has 0 bridgehead atoms. The van der Waals surface area contributed by atoms with Crippen molar-refractivity contribution in [2.24, 2.45) is 0 Å². The average Bonchev–Trinajstić information content (AvgIpc) is 3.60. The summed E-state index contributed by atoms with van der Waals surface area (Å²) in [7, 11) is 1.75. The van der Waals surface area contributed by atoms with E-state index in [0.29, 0.717) is 42.2 Å². The van der Waals surface area contributed by atoms with Crippen molar-refractivity contribution < 1.29 is 19.2 Å². The highest BCUT2D eigenvalue weighted by Gasteiger charge is 2.39. The minimum atomic E-state index is -0.681. The van der Waals surface area contributed by atoms with Crippen molar-refractivity contribution in [1.29, 1.82) is 0 Å². The molecule has 1 saturated heterocycles. The maximum atomic E-state index is 13.4. The van der Waals surface area contributed by atoms with Gasteiger partial charge >= 0.3 is 0 Å². The number of hydrogen-bond acceptors (Lipinski definition) is 6. The van der Waals surface area contributed by atoms with E-state index >= 15 is 0 Å². The van der Waals surface area contributed by atoms with E-state index in [0.717, 1.165) is 18.4 Å². The molecule has 2 atom stereocenters. The minimum Gasteiger partial charge on any atom is -0.391 e. The number of amides is 2. The van der Waals surface area contributed by atoms with E-state index < -0.39 is 12.1 Å². The molecule has 1 fully saturated rings. The van der Waals surface area contributed by atoms with Gasteiger partial charge in [0, 0.05) is 44.1 Å². The van der Waals surface area contributed by atoms with Crippen molar-refractivity contribution in [1.82, 2.24) is 19.9 Å². The van der Waals surface area contributed by atoms with Crippen LogP contribution in [0.1, 0.15) is 62.4 Å². The van der Waals surface area contributed by atoms with Crippen LogP contribution in [0, 0.1) is 0 Å². The number of aryl methyl sites for hydroxylation is 2. The van der Waals surface area contributed by atoms with Gasteiger partial charge in [-0.3, -0.25) is 9.59 Å². The Morgan fingerprint density at radius 1 is 0.923 bits per heavy atom. The van der Waals surface area contributed by atoms with Gasteiger partial charge in [-0.15, -0.1) is 0 Å².